The van der Waals surface area contributed by atoms with Crippen LogP contribution in [-0.2, 0) is 19.6 Å². The van der Waals surface area contributed by atoms with E-state index in [9.17, 15) is 18.0 Å². The Morgan fingerprint density at radius 1 is 0.907 bits per heavy atom. The van der Waals surface area contributed by atoms with E-state index in [-0.39, 0.29) is 23.1 Å². The Balaban J connectivity index is 1.35. The molecule has 0 saturated heterocycles. The van der Waals surface area contributed by atoms with Crippen molar-refractivity contribution in [2.75, 3.05) is 29.9 Å². The Morgan fingerprint density at radius 2 is 1.58 bits per heavy atom. The molecular weight excluding hydrogens is 592 g/mol. The minimum Gasteiger partial charge on any atom is -0.497 e. The highest BCUT2D eigenvalue weighted by Crippen LogP contribution is 2.27. The molecule has 2 amide bonds. The molecule has 0 saturated carbocycles. The number of methoxy groups -OCH3 is 1. The molecule has 0 spiro atoms. The van der Waals surface area contributed by atoms with Crippen molar-refractivity contribution in [3.05, 3.63) is 113 Å². The third-order valence-corrected chi connectivity index (χ3v) is 8.04. The summed E-state index contributed by atoms with van der Waals surface area (Å²) in [5, 5.41) is 7.02. The van der Waals surface area contributed by atoms with Crippen LogP contribution in [0.25, 0.3) is 0 Å². The zero-order valence-electron chi connectivity index (χ0n) is 23.4. The van der Waals surface area contributed by atoms with Gasteiger partial charge in [-0.05, 0) is 91.3 Å². The molecule has 0 aromatic heterocycles. The Hall–Kier alpha value is -4.87. The van der Waals surface area contributed by atoms with Crippen molar-refractivity contribution in [1.29, 1.82) is 0 Å². The van der Waals surface area contributed by atoms with Gasteiger partial charge in [-0.15, -0.1) is 0 Å². The topological polar surface area (TPSA) is 126 Å². The molecule has 0 unspecified atom stereocenters. The molecule has 0 atom stereocenters. The molecule has 0 aliphatic carbocycles. The van der Waals surface area contributed by atoms with Crippen molar-refractivity contribution in [2.24, 2.45) is 5.10 Å². The highest BCUT2D eigenvalue weighted by Gasteiger charge is 2.27. The second-order valence-corrected chi connectivity index (χ2v) is 11.5. The van der Waals surface area contributed by atoms with Gasteiger partial charge in [0, 0.05) is 10.7 Å². The predicted molar refractivity (Wildman–Crippen MR) is 166 cm³/mol. The van der Waals surface area contributed by atoms with E-state index in [0.717, 1.165) is 9.87 Å². The Bertz CT molecular complexity index is 1690. The third-order valence-electron chi connectivity index (χ3n) is 6.02. The number of hydrazone groups is 1. The van der Waals surface area contributed by atoms with Gasteiger partial charge in [0.2, 0.25) is 0 Å². The lowest BCUT2D eigenvalue weighted by Gasteiger charge is -2.24. The van der Waals surface area contributed by atoms with Gasteiger partial charge in [0.1, 0.15) is 18.0 Å². The number of sulfonamides is 1. The number of nitrogens with one attached hydrogen (secondary N) is 2. The maximum atomic E-state index is 13.5. The van der Waals surface area contributed by atoms with Gasteiger partial charge in [-0.1, -0.05) is 35.4 Å². The number of halogens is 1. The van der Waals surface area contributed by atoms with Crippen LogP contribution in [0.4, 0.5) is 11.4 Å². The molecule has 0 fully saturated rings. The van der Waals surface area contributed by atoms with Gasteiger partial charge in [-0.3, -0.25) is 13.9 Å². The van der Waals surface area contributed by atoms with Crippen molar-refractivity contribution >= 4 is 51.0 Å². The molecule has 0 bridgehead atoms. The van der Waals surface area contributed by atoms with Gasteiger partial charge in [0.05, 0.1) is 23.9 Å². The van der Waals surface area contributed by atoms with Crippen LogP contribution < -0.4 is 24.5 Å². The summed E-state index contributed by atoms with van der Waals surface area (Å²) in [6.45, 7) is 1.24. The van der Waals surface area contributed by atoms with E-state index in [2.05, 4.69) is 15.8 Å². The predicted octanol–water partition coefficient (Wildman–Crippen LogP) is 5.02. The lowest BCUT2D eigenvalue weighted by atomic mass is 10.2. The first-order valence-electron chi connectivity index (χ1n) is 13.0. The second-order valence-electron chi connectivity index (χ2n) is 9.23. The summed E-state index contributed by atoms with van der Waals surface area (Å²) in [7, 11) is -2.66. The molecule has 0 radical (unpaired) electrons. The number of nitrogens with zero attached hydrogens (tertiary/aromatic N) is 2. The average molecular weight is 621 g/mol. The maximum absolute atomic E-state index is 13.5. The first kappa shape index (κ1) is 31.1. The van der Waals surface area contributed by atoms with Crippen molar-refractivity contribution in [1.82, 2.24) is 5.43 Å². The summed E-state index contributed by atoms with van der Waals surface area (Å²) in [6, 6.07) is 26.1. The molecule has 0 aliphatic heterocycles. The number of ether oxygens (including phenoxy) is 2. The maximum Gasteiger partial charge on any atom is 0.264 e. The number of hydrogen-bond donors (Lipinski definition) is 2. The van der Waals surface area contributed by atoms with Crippen molar-refractivity contribution < 1.29 is 27.5 Å². The SMILES string of the molecule is COc1ccc(S(=O)(=O)N(CC(=O)N/N=C\c2ccc(OCC(=O)Nc3ccc(C)cc3)cc2)c2cccc(Cl)c2)cc1. The summed E-state index contributed by atoms with van der Waals surface area (Å²) in [5.41, 5.74) is 4.98. The van der Waals surface area contributed by atoms with E-state index >= 15 is 0 Å². The van der Waals surface area contributed by atoms with E-state index in [1.54, 1.807) is 42.5 Å². The van der Waals surface area contributed by atoms with Gasteiger partial charge in [-0.2, -0.15) is 5.10 Å². The van der Waals surface area contributed by atoms with Gasteiger partial charge >= 0.3 is 0 Å². The van der Waals surface area contributed by atoms with E-state index in [4.69, 9.17) is 21.1 Å². The lowest BCUT2D eigenvalue weighted by molar-refractivity contribution is -0.119. The molecule has 10 nitrogen and oxygen atoms in total. The van der Waals surface area contributed by atoms with Crippen molar-refractivity contribution in [2.45, 2.75) is 11.8 Å². The van der Waals surface area contributed by atoms with Gasteiger partial charge in [0.25, 0.3) is 21.8 Å². The molecule has 4 rings (SSSR count). The standard InChI is InChI=1S/C31H29ClN4O6S/c1-22-6-10-25(11-7-22)34-31(38)21-42-28-12-8-23(9-13-28)19-33-35-30(37)20-36(26-5-3-4-24(32)18-26)43(39,40)29-16-14-27(41-2)15-17-29/h3-19H,20-21H2,1-2H3,(H,34,38)(H,35,37)/b33-19-. The summed E-state index contributed by atoms with van der Waals surface area (Å²) in [5.74, 6) is -0.00410. The van der Waals surface area contributed by atoms with Crippen LogP contribution in [0.5, 0.6) is 11.5 Å². The van der Waals surface area contributed by atoms with E-state index in [1.165, 1.54) is 43.7 Å². The number of hydrogen-bond acceptors (Lipinski definition) is 7. The molecule has 2 N–H and O–H groups in total. The quantitative estimate of drug-likeness (QED) is 0.169. The van der Waals surface area contributed by atoms with Crippen LogP contribution >= 0.6 is 11.6 Å². The lowest BCUT2D eigenvalue weighted by Crippen LogP contribution is -2.39. The molecule has 0 heterocycles. The first-order valence-corrected chi connectivity index (χ1v) is 14.8. The van der Waals surface area contributed by atoms with Crippen LogP contribution in [0.15, 0.2) is 107 Å². The van der Waals surface area contributed by atoms with Crippen LogP contribution in [0.2, 0.25) is 5.02 Å². The molecule has 4 aromatic carbocycles. The van der Waals surface area contributed by atoms with Crippen LogP contribution in [0.1, 0.15) is 11.1 Å². The van der Waals surface area contributed by atoms with E-state index < -0.39 is 22.5 Å². The fourth-order valence-corrected chi connectivity index (χ4v) is 5.40. The summed E-state index contributed by atoms with van der Waals surface area (Å²) in [6.07, 6.45) is 1.40. The molecule has 12 heteroatoms. The Kier molecular flexibility index (Phi) is 10.4. The van der Waals surface area contributed by atoms with Crippen molar-refractivity contribution in [3.8, 4) is 11.5 Å². The molecule has 0 aliphatic rings. The minimum absolute atomic E-state index is 0.0282. The number of aryl methyl sites for hydroxylation is 1. The highest BCUT2D eigenvalue weighted by molar-refractivity contribution is 7.92. The number of rotatable bonds is 12. The van der Waals surface area contributed by atoms with Crippen LogP contribution in [-0.4, -0.2) is 46.7 Å². The molecule has 4 aromatic rings. The number of carbonyl (C=O) groups is 2. The first-order chi connectivity index (χ1) is 20.6. The zero-order chi connectivity index (χ0) is 30.8. The Morgan fingerprint density at radius 3 is 2.23 bits per heavy atom. The smallest absolute Gasteiger partial charge is 0.264 e. The van der Waals surface area contributed by atoms with E-state index in [1.807, 2.05) is 31.2 Å². The average Bonchev–Trinajstić information content (AvgIpc) is 3.00. The summed E-state index contributed by atoms with van der Waals surface area (Å²) in [4.78, 5) is 24.9. The number of carbonyl (C=O) groups excluding carboxylic acids is 2. The van der Waals surface area contributed by atoms with Gasteiger partial charge < -0.3 is 14.8 Å². The summed E-state index contributed by atoms with van der Waals surface area (Å²) >= 11 is 6.11. The minimum atomic E-state index is -4.14. The number of anilines is 2. The number of amides is 2. The summed E-state index contributed by atoms with van der Waals surface area (Å²) < 4.78 is 38.6. The van der Waals surface area contributed by atoms with Gasteiger partial charge in [0.15, 0.2) is 6.61 Å². The number of benzene rings is 4. The van der Waals surface area contributed by atoms with Gasteiger partial charge in [-0.25, -0.2) is 13.8 Å². The fraction of sp³-hybridized carbons (Fsp3) is 0.129. The largest absolute Gasteiger partial charge is 0.497 e. The Labute approximate surface area is 254 Å². The monoisotopic (exact) mass is 620 g/mol. The third kappa shape index (κ3) is 8.81. The molecule has 222 valence electrons. The normalized spacial score (nSPS) is 11.1. The zero-order valence-corrected chi connectivity index (χ0v) is 24.9. The van der Waals surface area contributed by atoms with Crippen LogP contribution in [0, 0.1) is 6.92 Å². The fourth-order valence-electron chi connectivity index (χ4n) is 3.80. The van der Waals surface area contributed by atoms with E-state index in [0.29, 0.717) is 27.8 Å². The van der Waals surface area contributed by atoms with Crippen LogP contribution in [0.3, 0.4) is 0 Å². The van der Waals surface area contributed by atoms with Crippen molar-refractivity contribution in [3.63, 3.8) is 0 Å². The molecular formula is C31H29ClN4O6S. The second kappa shape index (κ2) is 14.3. The highest BCUT2D eigenvalue weighted by atomic mass is 35.5. The molecule has 43 heavy (non-hydrogen) atoms.